The number of hydrogen-bond donors (Lipinski definition) is 1. The molecule has 0 bridgehead atoms. The van der Waals surface area contributed by atoms with Crippen LogP contribution in [0.3, 0.4) is 0 Å². The summed E-state index contributed by atoms with van der Waals surface area (Å²) in [6.45, 7) is 2.97. The van der Waals surface area contributed by atoms with Crippen LogP contribution in [0.25, 0.3) is 0 Å². The van der Waals surface area contributed by atoms with Crippen molar-refractivity contribution in [2.45, 2.75) is 12.8 Å². The number of nitrogens with zero attached hydrogens (tertiary/aromatic N) is 3. The Kier molecular flexibility index (Phi) is 1.94. The van der Waals surface area contributed by atoms with Gasteiger partial charge in [-0.2, -0.15) is 5.11 Å². The summed E-state index contributed by atoms with van der Waals surface area (Å²) in [4.78, 5) is 0. The molecule has 2 aliphatic rings. The standard InChI is InChI=1S/C7H12N4/c1-3-8-4-2-6(1)7-5-9-11-10-7/h6,8H,1-5H2. The highest BCUT2D eigenvalue weighted by atomic mass is 15.4. The predicted molar refractivity (Wildman–Crippen MR) is 42.8 cm³/mol. The van der Waals surface area contributed by atoms with Crippen molar-refractivity contribution in [3.63, 3.8) is 0 Å². The fourth-order valence-electron chi connectivity index (χ4n) is 1.59. The first-order valence-electron chi connectivity index (χ1n) is 4.11. The highest BCUT2D eigenvalue weighted by Crippen LogP contribution is 2.16. The van der Waals surface area contributed by atoms with Crippen molar-refractivity contribution in [2.24, 2.45) is 21.4 Å². The van der Waals surface area contributed by atoms with Crippen molar-refractivity contribution >= 4 is 5.71 Å². The van der Waals surface area contributed by atoms with E-state index >= 15 is 0 Å². The van der Waals surface area contributed by atoms with Crippen LogP contribution in [0.15, 0.2) is 15.4 Å². The lowest BCUT2D eigenvalue weighted by Gasteiger charge is -2.21. The number of hydrogen-bond acceptors (Lipinski definition) is 4. The Morgan fingerprint density at radius 3 is 2.73 bits per heavy atom. The maximum atomic E-state index is 4.01. The Bertz CT molecular complexity index is 191. The van der Waals surface area contributed by atoms with Gasteiger partial charge in [-0.05, 0) is 31.2 Å². The minimum atomic E-state index is 0.645. The fourth-order valence-corrected chi connectivity index (χ4v) is 1.59. The van der Waals surface area contributed by atoms with Crippen LogP contribution in [0.2, 0.25) is 0 Å². The summed E-state index contributed by atoms with van der Waals surface area (Å²) in [5.74, 6) is 0.645. The van der Waals surface area contributed by atoms with Crippen LogP contribution in [-0.2, 0) is 0 Å². The highest BCUT2D eigenvalue weighted by molar-refractivity contribution is 5.89. The van der Waals surface area contributed by atoms with Gasteiger partial charge in [0.15, 0.2) is 0 Å². The van der Waals surface area contributed by atoms with E-state index in [2.05, 4.69) is 20.8 Å². The number of rotatable bonds is 1. The summed E-state index contributed by atoms with van der Waals surface area (Å²) >= 11 is 0. The third kappa shape index (κ3) is 1.45. The van der Waals surface area contributed by atoms with E-state index in [0.717, 1.165) is 19.6 Å². The van der Waals surface area contributed by atoms with Crippen LogP contribution in [0.4, 0.5) is 0 Å². The lowest BCUT2D eigenvalue weighted by Crippen LogP contribution is -2.32. The smallest absolute Gasteiger partial charge is 0.103 e. The van der Waals surface area contributed by atoms with Crippen LogP contribution in [-0.4, -0.2) is 25.3 Å². The molecule has 0 unspecified atom stereocenters. The molecule has 0 saturated carbocycles. The molecule has 2 rings (SSSR count). The number of piperidine rings is 1. The molecule has 0 amide bonds. The zero-order valence-corrected chi connectivity index (χ0v) is 6.45. The van der Waals surface area contributed by atoms with E-state index in [-0.39, 0.29) is 0 Å². The Labute approximate surface area is 65.8 Å². The van der Waals surface area contributed by atoms with Crippen LogP contribution < -0.4 is 5.32 Å². The molecule has 0 aliphatic carbocycles. The molecule has 4 nitrogen and oxygen atoms in total. The molecular weight excluding hydrogens is 140 g/mol. The molecule has 4 heteroatoms. The molecule has 0 aromatic heterocycles. The fraction of sp³-hybridized carbons (Fsp3) is 0.857. The summed E-state index contributed by atoms with van der Waals surface area (Å²) in [6.07, 6.45) is 2.40. The van der Waals surface area contributed by atoms with Gasteiger partial charge in [-0.3, -0.25) is 0 Å². The molecule has 0 aromatic carbocycles. The summed E-state index contributed by atoms with van der Waals surface area (Å²) in [5.41, 5.74) is 1.19. The van der Waals surface area contributed by atoms with Crippen molar-refractivity contribution in [1.29, 1.82) is 0 Å². The first-order chi connectivity index (χ1) is 5.47. The van der Waals surface area contributed by atoms with Crippen molar-refractivity contribution in [2.75, 3.05) is 19.6 Å². The molecule has 1 N–H and O–H groups in total. The maximum absolute atomic E-state index is 4.01. The summed E-state index contributed by atoms with van der Waals surface area (Å²) < 4.78 is 0. The normalized spacial score (nSPS) is 25.6. The first-order valence-corrected chi connectivity index (χ1v) is 4.11. The Morgan fingerprint density at radius 2 is 2.09 bits per heavy atom. The van der Waals surface area contributed by atoms with E-state index in [1.165, 1.54) is 18.6 Å². The van der Waals surface area contributed by atoms with E-state index in [4.69, 9.17) is 0 Å². The zero-order valence-electron chi connectivity index (χ0n) is 6.45. The average Bonchev–Trinajstić information content (AvgIpc) is 2.58. The van der Waals surface area contributed by atoms with E-state index in [9.17, 15) is 0 Å². The van der Waals surface area contributed by atoms with Gasteiger partial charge in [0, 0.05) is 5.92 Å². The maximum Gasteiger partial charge on any atom is 0.103 e. The summed E-state index contributed by atoms with van der Waals surface area (Å²) in [5, 5.41) is 14.8. The molecule has 0 atom stereocenters. The van der Waals surface area contributed by atoms with Gasteiger partial charge in [0.1, 0.15) is 6.54 Å². The topological polar surface area (TPSA) is 49.1 Å². The number of nitrogens with one attached hydrogen (secondary N) is 1. The highest BCUT2D eigenvalue weighted by Gasteiger charge is 2.20. The van der Waals surface area contributed by atoms with Gasteiger partial charge in [0.25, 0.3) is 0 Å². The van der Waals surface area contributed by atoms with Gasteiger partial charge >= 0.3 is 0 Å². The molecule has 1 saturated heterocycles. The molecule has 0 spiro atoms. The third-order valence-corrected chi connectivity index (χ3v) is 2.28. The Hall–Kier alpha value is -0.770. The molecule has 0 aromatic rings. The van der Waals surface area contributed by atoms with E-state index < -0.39 is 0 Å². The second-order valence-electron chi connectivity index (χ2n) is 3.00. The average molecular weight is 152 g/mol. The molecule has 2 heterocycles. The monoisotopic (exact) mass is 152 g/mol. The molecule has 0 radical (unpaired) electrons. The van der Waals surface area contributed by atoms with Crippen molar-refractivity contribution in [3.05, 3.63) is 0 Å². The van der Waals surface area contributed by atoms with Crippen LogP contribution in [0, 0.1) is 5.92 Å². The SMILES string of the molecule is C1CC(C2=NN=NC2)CCN1. The van der Waals surface area contributed by atoms with Crippen molar-refractivity contribution < 1.29 is 0 Å². The lowest BCUT2D eigenvalue weighted by molar-refractivity contribution is 0.455. The van der Waals surface area contributed by atoms with Gasteiger partial charge in [-0.25, -0.2) is 0 Å². The van der Waals surface area contributed by atoms with E-state index in [0.29, 0.717) is 5.92 Å². The zero-order chi connectivity index (χ0) is 7.52. The molecule has 60 valence electrons. The second-order valence-corrected chi connectivity index (χ2v) is 3.00. The summed E-state index contributed by atoms with van der Waals surface area (Å²) in [7, 11) is 0. The van der Waals surface area contributed by atoms with Crippen molar-refractivity contribution in [3.8, 4) is 0 Å². The van der Waals surface area contributed by atoms with Gasteiger partial charge in [0.2, 0.25) is 0 Å². The minimum Gasteiger partial charge on any atom is -0.317 e. The van der Waals surface area contributed by atoms with E-state index in [1.54, 1.807) is 0 Å². The van der Waals surface area contributed by atoms with Gasteiger partial charge in [0.05, 0.1) is 5.71 Å². The van der Waals surface area contributed by atoms with Crippen LogP contribution in [0.1, 0.15) is 12.8 Å². The lowest BCUT2D eigenvalue weighted by atomic mass is 9.93. The minimum absolute atomic E-state index is 0.645. The van der Waals surface area contributed by atoms with Crippen LogP contribution in [0.5, 0.6) is 0 Å². The van der Waals surface area contributed by atoms with E-state index in [1.807, 2.05) is 0 Å². The van der Waals surface area contributed by atoms with Gasteiger partial charge in [-0.15, -0.1) is 5.10 Å². The third-order valence-electron chi connectivity index (χ3n) is 2.28. The van der Waals surface area contributed by atoms with Gasteiger partial charge < -0.3 is 5.32 Å². The molecule has 11 heavy (non-hydrogen) atoms. The molecular formula is C7H12N4. The molecule has 2 aliphatic heterocycles. The Morgan fingerprint density at radius 1 is 1.27 bits per heavy atom. The van der Waals surface area contributed by atoms with Crippen LogP contribution >= 0.6 is 0 Å². The Balaban J connectivity index is 1.93. The van der Waals surface area contributed by atoms with Crippen molar-refractivity contribution in [1.82, 2.24) is 5.32 Å². The quantitative estimate of drug-likeness (QED) is 0.593. The summed E-state index contributed by atoms with van der Waals surface area (Å²) in [6, 6.07) is 0. The molecule has 1 fully saturated rings. The predicted octanol–water partition coefficient (Wildman–Crippen LogP) is 0.808. The van der Waals surface area contributed by atoms with Gasteiger partial charge in [-0.1, -0.05) is 0 Å². The largest absolute Gasteiger partial charge is 0.317 e. The second kappa shape index (κ2) is 3.09. The first kappa shape index (κ1) is 6.91.